The van der Waals surface area contributed by atoms with Gasteiger partial charge in [0.05, 0.1) is 12.0 Å². The van der Waals surface area contributed by atoms with Gasteiger partial charge in [0.25, 0.3) is 0 Å². The summed E-state index contributed by atoms with van der Waals surface area (Å²) in [6.45, 7) is 6.60. The van der Waals surface area contributed by atoms with Gasteiger partial charge in [-0.1, -0.05) is 13.0 Å². The van der Waals surface area contributed by atoms with E-state index in [1.165, 1.54) is 0 Å². The highest BCUT2D eigenvalue weighted by molar-refractivity contribution is 5.89. The molecule has 0 radical (unpaired) electrons. The van der Waals surface area contributed by atoms with E-state index in [2.05, 4.69) is 10.3 Å². The second-order valence-electron chi connectivity index (χ2n) is 4.08. The van der Waals surface area contributed by atoms with Crippen LogP contribution in [0.2, 0.25) is 0 Å². The lowest BCUT2D eigenvalue weighted by Crippen LogP contribution is -2.47. The number of carbonyl (C=O) groups is 1. The van der Waals surface area contributed by atoms with E-state index in [-0.39, 0.29) is 5.78 Å². The average molecular weight is 206 g/mol. The number of pyridine rings is 1. The van der Waals surface area contributed by atoms with E-state index in [1.807, 2.05) is 39.0 Å². The molecule has 1 aromatic heterocycles. The number of hydrogen-bond acceptors (Lipinski definition) is 3. The normalized spacial score (nSPS) is 11.4. The van der Waals surface area contributed by atoms with Crippen molar-refractivity contribution >= 4 is 5.78 Å². The fraction of sp³-hybridized carbons (Fsp3) is 0.500. The fourth-order valence-corrected chi connectivity index (χ4v) is 1.43. The van der Waals surface area contributed by atoms with Gasteiger partial charge in [-0.25, -0.2) is 0 Å². The number of rotatable bonds is 5. The van der Waals surface area contributed by atoms with Crippen LogP contribution in [0.1, 0.15) is 26.5 Å². The minimum atomic E-state index is -0.466. The number of Topliss-reactive ketones (excluding diaryl/α,β-unsaturated/α-hetero) is 1. The van der Waals surface area contributed by atoms with Crippen molar-refractivity contribution in [3.8, 4) is 0 Å². The summed E-state index contributed by atoms with van der Waals surface area (Å²) in [5.74, 6) is 0.169. The van der Waals surface area contributed by atoms with Crippen LogP contribution in [0.25, 0.3) is 0 Å². The summed E-state index contributed by atoms with van der Waals surface area (Å²) in [6.07, 6.45) is 2.10. The molecule has 3 nitrogen and oxygen atoms in total. The van der Waals surface area contributed by atoms with E-state index in [0.29, 0.717) is 6.42 Å². The van der Waals surface area contributed by atoms with Gasteiger partial charge in [0, 0.05) is 11.9 Å². The van der Waals surface area contributed by atoms with Gasteiger partial charge in [0.2, 0.25) is 0 Å². The predicted molar refractivity (Wildman–Crippen MR) is 60.7 cm³/mol. The maximum Gasteiger partial charge on any atom is 0.158 e. The lowest BCUT2D eigenvalue weighted by molar-refractivity contribution is -0.123. The Labute approximate surface area is 90.9 Å². The summed E-state index contributed by atoms with van der Waals surface area (Å²) in [6, 6.07) is 5.62. The van der Waals surface area contributed by atoms with Gasteiger partial charge < -0.3 is 5.32 Å². The van der Waals surface area contributed by atoms with Crippen LogP contribution in [0.5, 0.6) is 0 Å². The fourth-order valence-electron chi connectivity index (χ4n) is 1.43. The van der Waals surface area contributed by atoms with Gasteiger partial charge >= 0.3 is 0 Å². The smallest absolute Gasteiger partial charge is 0.158 e. The standard InChI is InChI=1S/C12H18N2O/c1-4-14-12(2,3)11(15)9-10-7-5-6-8-13-10/h5-8,14H,4,9H2,1-3H3. The van der Waals surface area contributed by atoms with Gasteiger partial charge in [-0.3, -0.25) is 9.78 Å². The minimum Gasteiger partial charge on any atom is -0.306 e. The molecule has 0 fully saturated rings. The highest BCUT2D eigenvalue weighted by Crippen LogP contribution is 2.08. The molecule has 15 heavy (non-hydrogen) atoms. The first-order valence-electron chi connectivity index (χ1n) is 5.24. The number of nitrogens with one attached hydrogen (secondary N) is 1. The molecule has 1 aromatic rings. The van der Waals surface area contributed by atoms with Crippen molar-refractivity contribution in [1.29, 1.82) is 0 Å². The average Bonchev–Trinajstić information content (AvgIpc) is 2.19. The first-order chi connectivity index (χ1) is 7.06. The Morgan fingerprint density at radius 3 is 2.73 bits per heavy atom. The van der Waals surface area contributed by atoms with Crippen molar-refractivity contribution in [2.45, 2.75) is 32.7 Å². The number of nitrogens with zero attached hydrogens (tertiary/aromatic N) is 1. The van der Waals surface area contributed by atoms with Crippen LogP contribution in [0.3, 0.4) is 0 Å². The second kappa shape index (κ2) is 5.03. The highest BCUT2D eigenvalue weighted by Gasteiger charge is 2.25. The molecule has 1 N–H and O–H groups in total. The van der Waals surface area contributed by atoms with Crippen LogP contribution in [0, 0.1) is 0 Å². The predicted octanol–water partition coefficient (Wildman–Crippen LogP) is 1.58. The first-order valence-corrected chi connectivity index (χ1v) is 5.24. The quantitative estimate of drug-likeness (QED) is 0.795. The first kappa shape index (κ1) is 11.9. The van der Waals surface area contributed by atoms with Crippen molar-refractivity contribution in [3.05, 3.63) is 30.1 Å². The molecule has 82 valence electrons. The Hall–Kier alpha value is -1.22. The monoisotopic (exact) mass is 206 g/mol. The van der Waals surface area contributed by atoms with E-state index in [0.717, 1.165) is 12.2 Å². The summed E-state index contributed by atoms with van der Waals surface area (Å²) in [4.78, 5) is 16.1. The van der Waals surface area contributed by atoms with Crippen LogP contribution in [0.15, 0.2) is 24.4 Å². The molecule has 0 saturated heterocycles. The highest BCUT2D eigenvalue weighted by atomic mass is 16.1. The van der Waals surface area contributed by atoms with E-state index in [9.17, 15) is 4.79 Å². The van der Waals surface area contributed by atoms with E-state index in [4.69, 9.17) is 0 Å². The van der Waals surface area contributed by atoms with Gasteiger partial charge in [-0.15, -0.1) is 0 Å². The van der Waals surface area contributed by atoms with Gasteiger partial charge in [0.1, 0.15) is 0 Å². The second-order valence-corrected chi connectivity index (χ2v) is 4.08. The van der Waals surface area contributed by atoms with Gasteiger partial charge in [-0.05, 0) is 32.5 Å². The number of aromatic nitrogens is 1. The molecule has 0 unspecified atom stereocenters. The third kappa shape index (κ3) is 3.44. The molecule has 1 rings (SSSR count). The van der Waals surface area contributed by atoms with Crippen molar-refractivity contribution in [2.75, 3.05) is 6.54 Å². The largest absolute Gasteiger partial charge is 0.306 e. The molecule has 0 aromatic carbocycles. The number of hydrogen-bond donors (Lipinski definition) is 1. The molecule has 0 bridgehead atoms. The van der Waals surface area contributed by atoms with Crippen LogP contribution in [0.4, 0.5) is 0 Å². The molecule has 1 heterocycles. The minimum absolute atomic E-state index is 0.169. The lowest BCUT2D eigenvalue weighted by atomic mass is 9.95. The van der Waals surface area contributed by atoms with E-state index >= 15 is 0 Å². The zero-order chi connectivity index (χ0) is 11.3. The van der Waals surface area contributed by atoms with Crippen molar-refractivity contribution in [2.24, 2.45) is 0 Å². The molecule has 0 aliphatic carbocycles. The summed E-state index contributed by atoms with van der Waals surface area (Å²) < 4.78 is 0. The Bertz CT molecular complexity index is 320. The van der Waals surface area contributed by atoms with E-state index in [1.54, 1.807) is 6.20 Å². The summed E-state index contributed by atoms with van der Waals surface area (Å²) in [5.41, 5.74) is 0.361. The SMILES string of the molecule is CCNC(C)(C)C(=O)Cc1ccccn1. The summed E-state index contributed by atoms with van der Waals surface area (Å²) >= 11 is 0. The van der Waals surface area contributed by atoms with E-state index < -0.39 is 5.54 Å². The molecular formula is C12H18N2O. The Balaban J connectivity index is 2.63. The van der Waals surface area contributed by atoms with Gasteiger partial charge in [0.15, 0.2) is 5.78 Å². The summed E-state index contributed by atoms with van der Waals surface area (Å²) in [7, 11) is 0. The Morgan fingerprint density at radius 1 is 1.47 bits per heavy atom. The van der Waals surface area contributed by atoms with Crippen LogP contribution < -0.4 is 5.32 Å². The third-order valence-electron chi connectivity index (χ3n) is 2.38. The molecule has 0 saturated carbocycles. The molecule has 3 heteroatoms. The zero-order valence-electron chi connectivity index (χ0n) is 9.58. The molecular weight excluding hydrogens is 188 g/mol. The van der Waals surface area contributed by atoms with Crippen molar-refractivity contribution in [3.63, 3.8) is 0 Å². The van der Waals surface area contributed by atoms with Crippen LogP contribution >= 0.6 is 0 Å². The molecule has 0 atom stereocenters. The molecule has 0 aliphatic heterocycles. The molecule has 0 amide bonds. The third-order valence-corrected chi connectivity index (χ3v) is 2.38. The Morgan fingerprint density at radius 2 is 2.20 bits per heavy atom. The maximum atomic E-state index is 11.9. The zero-order valence-corrected chi connectivity index (χ0v) is 9.58. The number of likely N-dealkylation sites (N-methyl/N-ethyl adjacent to an activating group) is 1. The molecule has 0 aliphatic rings. The summed E-state index contributed by atoms with van der Waals surface area (Å²) in [5, 5.41) is 3.16. The maximum absolute atomic E-state index is 11.9. The number of carbonyl (C=O) groups excluding carboxylic acids is 1. The lowest BCUT2D eigenvalue weighted by Gasteiger charge is -2.23. The topological polar surface area (TPSA) is 42.0 Å². The number of ketones is 1. The Kier molecular flexibility index (Phi) is 3.97. The van der Waals surface area contributed by atoms with Crippen LogP contribution in [-0.4, -0.2) is 22.9 Å². The van der Waals surface area contributed by atoms with Gasteiger partial charge in [-0.2, -0.15) is 0 Å². The van der Waals surface area contributed by atoms with Crippen molar-refractivity contribution in [1.82, 2.24) is 10.3 Å². The van der Waals surface area contributed by atoms with Crippen molar-refractivity contribution < 1.29 is 4.79 Å². The van der Waals surface area contributed by atoms with Crippen LogP contribution in [-0.2, 0) is 11.2 Å². The molecule has 0 spiro atoms.